The van der Waals surface area contributed by atoms with E-state index in [0.29, 0.717) is 0 Å². The van der Waals surface area contributed by atoms with Crippen LogP contribution >= 0.6 is 21.6 Å². The zero-order valence-corrected chi connectivity index (χ0v) is 8.60. The summed E-state index contributed by atoms with van der Waals surface area (Å²) in [6, 6.07) is 0. The normalized spacial score (nSPS) is 8.80. The third-order valence-electron chi connectivity index (χ3n) is 0.623. The second-order valence-corrected chi connectivity index (χ2v) is 4.59. The van der Waals surface area contributed by atoms with E-state index in [2.05, 4.69) is 38.5 Å². The van der Waals surface area contributed by atoms with Gasteiger partial charge in [0.05, 0.1) is 0 Å². The van der Waals surface area contributed by atoms with E-state index in [9.17, 15) is 0 Å². The highest BCUT2D eigenvalue weighted by molar-refractivity contribution is 8.78. The zero-order valence-electron chi connectivity index (χ0n) is 6.97. The smallest absolute Gasteiger partial charge is 0.0192 e. The summed E-state index contributed by atoms with van der Waals surface area (Å²) < 4.78 is 0. The molecule has 0 fully saturated rings. The second kappa shape index (κ2) is 5.93. The number of hydrogen-bond acceptors (Lipinski definition) is 2. The lowest BCUT2D eigenvalue weighted by atomic mass is 10.4. The Morgan fingerprint density at radius 3 is 1.30 bits per heavy atom. The van der Waals surface area contributed by atoms with Crippen molar-refractivity contribution in [2.24, 2.45) is 0 Å². The van der Waals surface area contributed by atoms with Gasteiger partial charge in [0.15, 0.2) is 0 Å². The fraction of sp³-hybridized carbons (Fsp3) is 0.500. The Hall–Kier alpha value is 0.180. The van der Waals surface area contributed by atoms with Gasteiger partial charge in [-0.3, -0.25) is 0 Å². The van der Waals surface area contributed by atoms with E-state index >= 15 is 0 Å². The molecule has 0 bridgehead atoms. The fourth-order valence-corrected chi connectivity index (χ4v) is 2.23. The molecular formula is C8H14S2. The molecule has 0 unspecified atom stereocenters. The lowest BCUT2D eigenvalue weighted by Gasteiger charge is -1.89. The van der Waals surface area contributed by atoms with Crippen molar-refractivity contribution in [2.45, 2.75) is 27.7 Å². The van der Waals surface area contributed by atoms with E-state index in [4.69, 9.17) is 0 Å². The highest BCUT2D eigenvalue weighted by Gasteiger charge is 1.80. The Bertz CT molecular complexity index is 119. The van der Waals surface area contributed by atoms with Crippen LogP contribution in [0.3, 0.4) is 0 Å². The summed E-state index contributed by atoms with van der Waals surface area (Å²) in [5.41, 5.74) is 2.72. The average Bonchev–Trinajstić information content (AvgIpc) is 1.79. The molecule has 0 spiro atoms. The first-order chi connectivity index (χ1) is 4.63. The van der Waals surface area contributed by atoms with Crippen molar-refractivity contribution in [2.75, 3.05) is 0 Å². The Balaban J connectivity index is 3.39. The van der Waals surface area contributed by atoms with Crippen LogP contribution in [0.2, 0.25) is 0 Å². The van der Waals surface area contributed by atoms with Gasteiger partial charge in [-0.1, -0.05) is 32.7 Å². The maximum absolute atomic E-state index is 2.16. The van der Waals surface area contributed by atoms with Crippen LogP contribution in [0.4, 0.5) is 0 Å². The van der Waals surface area contributed by atoms with Crippen LogP contribution in [0.5, 0.6) is 0 Å². The first kappa shape index (κ1) is 10.2. The fourth-order valence-electron chi connectivity index (χ4n) is 0.248. The maximum atomic E-state index is 2.16. The van der Waals surface area contributed by atoms with Crippen molar-refractivity contribution in [3.05, 3.63) is 22.0 Å². The molecule has 0 heterocycles. The molecular weight excluding hydrogens is 160 g/mol. The van der Waals surface area contributed by atoms with E-state index in [1.165, 1.54) is 11.1 Å². The molecule has 0 aromatic heterocycles. The van der Waals surface area contributed by atoms with Crippen LogP contribution in [-0.2, 0) is 0 Å². The Morgan fingerprint density at radius 1 is 0.800 bits per heavy atom. The topological polar surface area (TPSA) is 0 Å². The van der Waals surface area contributed by atoms with E-state index in [0.717, 1.165) is 0 Å². The summed E-state index contributed by atoms with van der Waals surface area (Å²) in [5.74, 6) is 0. The summed E-state index contributed by atoms with van der Waals surface area (Å²) in [6.07, 6.45) is 0. The predicted molar refractivity (Wildman–Crippen MR) is 54.0 cm³/mol. The van der Waals surface area contributed by atoms with Gasteiger partial charge in [-0.2, -0.15) is 0 Å². The predicted octanol–water partition coefficient (Wildman–Crippen LogP) is 4.22. The van der Waals surface area contributed by atoms with Gasteiger partial charge >= 0.3 is 0 Å². The molecule has 0 aliphatic rings. The van der Waals surface area contributed by atoms with Gasteiger partial charge in [-0.25, -0.2) is 0 Å². The third kappa shape index (κ3) is 8.18. The number of rotatable bonds is 3. The highest BCUT2D eigenvalue weighted by atomic mass is 33.1. The molecule has 0 aliphatic carbocycles. The Kier molecular flexibility index (Phi) is 6.03. The first-order valence-electron chi connectivity index (χ1n) is 3.22. The molecule has 10 heavy (non-hydrogen) atoms. The molecule has 0 atom stereocenters. The SMILES string of the molecule is CC(C)=CSSC=C(C)C. The van der Waals surface area contributed by atoms with Crippen LogP contribution < -0.4 is 0 Å². The van der Waals surface area contributed by atoms with Crippen molar-refractivity contribution in [3.63, 3.8) is 0 Å². The standard InChI is InChI=1S/C8H14S2/c1-7(2)5-9-10-6-8(3)4/h5-6H,1-4H3. The van der Waals surface area contributed by atoms with Crippen molar-refractivity contribution in [1.29, 1.82) is 0 Å². The van der Waals surface area contributed by atoms with Crippen LogP contribution in [0.1, 0.15) is 27.7 Å². The molecule has 0 aromatic rings. The third-order valence-corrected chi connectivity index (χ3v) is 2.78. The van der Waals surface area contributed by atoms with Crippen molar-refractivity contribution >= 4 is 21.6 Å². The molecule has 0 amide bonds. The van der Waals surface area contributed by atoms with Gasteiger partial charge < -0.3 is 0 Å². The first-order valence-corrected chi connectivity index (χ1v) is 5.49. The minimum absolute atomic E-state index is 1.36. The molecule has 0 aromatic carbocycles. The lowest BCUT2D eigenvalue weighted by molar-refractivity contribution is 1.41. The quantitative estimate of drug-likeness (QED) is 0.464. The minimum Gasteiger partial charge on any atom is -0.0693 e. The maximum Gasteiger partial charge on any atom is -0.0192 e. The van der Waals surface area contributed by atoms with Gasteiger partial charge in [0.2, 0.25) is 0 Å². The largest absolute Gasteiger partial charge is 0.0693 e. The summed E-state index contributed by atoms with van der Waals surface area (Å²) in [6.45, 7) is 8.43. The van der Waals surface area contributed by atoms with E-state index < -0.39 is 0 Å². The van der Waals surface area contributed by atoms with E-state index in [-0.39, 0.29) is 0 Å². The van der Waals surface area contributed by atoms with Gasteiger partial charge in [0.25, 0.3) is 0 Å². The molecule has 0 rings (SSSR count). The van der Waals surface area contributed by atoms with Crippen LogP contribution in [0.25, 0.3) is 0 Å². The van der Waals surface area contributed by atoms with Crippen molar-refractivity contribution in [1.82, 2.24) is 0 Å². The molecule has 0 N–H and O–H groups in total. The van der Waals surface area contributed by atoms with Crippen LogP contribution in [-0.4, -0.2) is 0 Å². The van der Waals surface area contributed by atoms with Crippen molar-refractivity contribution in [3.8, 4) is 0 Å². The van der Waals surface area contributed by atoms with Gasteiger partial charge in [0.1, 0.15) is 0 Å². The Labute approximate surface area is 71.6 Å². The summed E-state index contributed by atoms with van der Waals surface area (Å²) >= 11 is 0. The molecule has 0 saturated carbocycles. The zero-order chi connectivity index (χ0) is 7.98. The van der Waals surface area contributed by atoms with Crippen LogP contribution in [0, 0.1) is 0 Å². The summed E-state index contributed by atoms with van der Waals surface area (Å²) in [5, 5.41) is 4.31. The van der Waals surface area contributed by atoms with Crippen LogP contribution in [0.15, 0.2) is 22.0 Å². The molecule has 0 radical (unpaired) electrons. The van der Waals surface area contributed by atoms with E-state index in [1.54, 1.807) is 21.6 Å². The molecule has 0 saturated heterocycles. The molecule has 2 heteroatoms. The lowest BCUT2D eigenvalue weighted by Crippen LogP contribution is -1.57. The average molecular weight is 174 g/mol. The van der Waals surface area contributed by atoms with Gasteiger partial charge in [-0.15, -0.1) is 0 Å². The summed E-state index contributed by atoms with van der Waals surface area (Å²) in [7, 11) is 3.54. The summed E-state index contributed by atoms with van der Waals surface area (Å²) in [4.78, 5) is 0. The number of allylic oxidation sites excluding steroid dienone is 2. The molecule has 0 aliphatic heterocycles. The monoisotopic (exact) mass is 174 g/mol. The van der Waals surface area contributed by atoms with Crippen molar-refractivity contribution < 1.29 is 0 Å². The minimum atomic E-state index is 1.36. The molecule has 58 valence electrons. The highest BCUT2D eigenvalue weighted by Crippen LogP contribution is 2.25. The second-order valence-electron chi connectivity index (χ2n) is 2.58. The molecule has 0 nitrogen and oxygen atoms in total. The van der Waals surface area contributed by atoms with Gasteiger partial charge in [-0.05, 0) is 38.5 Å². The van der Waals surface area contributed by atoms with Gasteiger partial charge in [0, 0.05) is 0 Å². The Morgan fingerprint density at radius 2 is 1.10 bits per heavy atom. The number of hydrogen-bond donors (Lipinski definition) is 0. The van der Waals surface area contributed by atoms with E-state index in [1.807, 2.05) is 0 Å².